The second-order valence-corrected chi connectivity index (χ2v) is 5.32. The van der Waals surface area contributed by atoms with Gasteiger partial charge in [-0.25, -0.2) is 4.79 Å². The molecular formula is C15H20N2O2. The van der Waals surface area contributed by atoms with Gasteiger partial charge in [0.25, 0.3) is 0 Å². The molecule has 0 bridgehead atoms. The lowest BCUT2D eigenvalue weighted by atomic mass is 10.2. The highest BCUT2D eigenvalue weighted by atomic mass is 16.6. The summed E-state index contributed by atoms with van der Waals surface area (Å²) in [6.45, 7) is 4.17. The standard InChI is InChI=1S/C15H20N2O2/c18-15(19-12-13-5-2-1-3-6-13)17-10-9-16-8-4-7-14(16)11-17/h1-3,5-6,14H,4,7-12H2. The first-order valence-corrected chi connectivity index (χ1v) is 7.02. The van der Waals surface area contributed by atoms with Crippen LogP contribution in [0.25, 0.3) is 0 Å². The minimum absolute atomic E-state index is 0.171. The van der Waals surface area contributed by atoms with E-state index in [1.54, 1.807) is 0 Å². The van der Waals surface area contributed by atoms with Gasteiger partial charge in [0.2, 0.25) is 0 Å². The van der Waals surface area contributed by atoms with Crippen molar-refractivity contribution in [3.8, 4) is 0 Å². The number of carbonyl (C=O) groups is 1. The number of hydrogen-bond acceptors (Lipinski definition) is 3. The molecule has 1 amide bonds. The first-order valence-electron chi connectivity index (χ1n) is 7.02. The molecule has 0 spiro atoms. The van der Waals surface area contributed by atoms with E-state index in [9.17, 15) is 4.79 Å². The third-order valence-corrected chi connectivity index (χ3v) is 4.05. The van der Waals surface area contributed by atoms with Crippen molar-refractivity contribution in [2.45, 2.75) is 25.5 Å². The van der Waals surface area contributed by atoms with Gasteiger partial charge >= 0.3 is 6.09 Å². The Bertz CT molecular complexity index is 435. The molecule has 0 aliphatic carbocycles. The summed E-state index contributed by atoms with van der Waals surface area (Å²) in [5, 5.41) is 0. The lowest BCUT2D eigenvalue weighted by Gasteiger charge is -2.36. The van der Waals surface area contributed by atoms with Crippen LogP contribution in [0.1, 0.15) is 18.4 Å². The summed E-state index contributed by atoms with van der Waals surface area (Å²) in [5.41, 5.74) is 1.04. The molecule has 3 rings (SSSR count). The summed E-state index contributed by atoms with van der Waals surface area (Å²) in [7, 11) is 0. The predicted octanol–water partition coefficient (Wildman–Crippen LogP) is 2.10. The van der Waals surface area contributed by atoms with Crippen LogP contribution in [0.5, 0.6) is 0 Å². The molecule has 1 unspecified atom stereocenters. The molecule has 2 heterocycles. The maximum atomic E-state index is 12.0. The minimum atomic E-state index is -0.171. The minimum Gasteiger partial charge on any atom is -0.445 e. The normalized spacial score (nSPS) is 23.2. The smallest absolute Gasteiger partial charge is 0.410 e. The number of amides is 1. The third kappa shape index (κ3) is 2.89. The Morgan fingerprint density at radius 2 is 2.05 bits per heavy atom. The average molecular weight is 260 g/mol. The summed E-state index contributed by atoms with van der Waals surface area (Å²) in [5.74, 6) is 0. The zero-order valence-electron chi connectivity index (χ0n) is 11.1. The van der Waals surface area contributed by atoms with Gasteiger partial charge in [-0.1, -0.05) is 30.3 Å². The number of hydrogen-bond donors (Lipinski definition) is 0. The van der Waals surface area contributed by atoms with Crippen LogP contribution >= 0.6 is 0 Å². The Hall–Kier alpha value is -1.55. The zero-order chi connectivity index (χ0) is 13.1. The molecule has 2 aliphatic rings. The van der Waals surface area contributed by atoms with Crippen molar-refractivity contribution in [3.05, 3.63) is 35.9 Å². The molecule has 2 saturated heterocycles. The fourth-order valence-electron chi connectivity index (χ4n) is 2.97. The summed E-state index contributed by atoms with van der Waals surface area (Å²) in [4.78, 5) is 16.4. The highest BCUT2D eigenvalue weighted by molar-refractivity contribution is 5.67. The number of carbonyl (C=O) groups excluding carboxylic acids is 1. The van der Waals surface area contributed by atoms with Crippen LogP contribution in [0.3, 0.4) is 0 Å². The fraction of sp³-hybridized carbons (Fsp3) is 0.533. The molecule has 4 nitrogen and oxygen atoms in total. The van der Waals surface area contributed by atoms with Gasteiger partial charge in [0, 0.05) is 25.7 Å². The van der Waals surface area contributed by atoms with Gasteiger partial charge in [0.15, 0.2) is 0 Å². The van der Waals surface area contributed by atoms with Gasteiger partial charge in [-0.3, -0.25) is 4.90 Å². The Morgan fingerprint density at radius 3 is 2.89 bits per heavy atom. The molecule has 4 heteroatoms. The topological polar surface area (TPSA) is 32.8 Å². The van der Waals surface area contributed by atoms with Crippen molar-refractivity contribution in [2.75, 3.05) is 26.2 Å². The zero-order valence-corrected chi connectivity index (χ0v) is 11.1. The molecule has 19 heavy (non-hydrogen) atoms. The lowest BCUT2D eigenvalue weighted by Crippen LogP contribution is -2.52. The molecule has 2 fully saturated rings. The van der Waals surface area contributed by atoms with E-state index in [1.165, 1.54) is 19.4 Å². The van der Waals surface area contributed by atoms with Crippen molar-refractivity contribution in [3.63, 3.8) is 0 Å². The molecule has 0 aromatic heterocycles. The van der Waals surface area contributed by atoms with Crippen LogP contribution in [0.2, 0.25) is 0 Å². The van der Waals surface area contributed by atoms with E-state index in [1.807, 2.05) is 35.2 Å². The molecule has 0 N–H and O–H groups in total. The van der Waals surface area contributed by atoms with Crippen LogP contribution in [-0.4, -0.2) is 48.1 Å². The summed E-state index contributed by atoms with van der Waals surface area (Å²) >= 11 is 0. The van der Waals surface area contributed by atoms with Gasteiger partial charge < -0.3 is 9.64 Å². The Labute approximate surface area is 113 Å². The first kappa shape index (κ1) is 12.5. The van der Waals surface area contributed by atoms with Crippen molar-refractivity contribution >= 4 is 6.09 Å². The van der Waals surface area contributed by atoms with E-state index in [0.717, 1.165) is 25.2 Å². The molecule has 0 saturated carbocycles. The van der Waals surface area contributed by atoms with Crippen LogP contribution in [0, 0.1) is 0 Å². The molecule has 102 valence electrons. The lowest BCUT2D eigenvalue weighted by molar-refractivity contribution is 0.0604. The van der Waals surface area contributed by atoms with E-state index < -0.39 is 0 Å². The molecule has 2 aliphatic heterocycles. The Kier molecular flexibility index (Phi) is 3.69. The van der Waals surface area contributed by atoms with Crippen LogP contribution in [-0.2, 0) is 11.3 Å². The summed E-state index contributed by atoms with van der Waals surface area (Å²) in [6, 6.07) is 10.4. The fourth-order valence-corrected chi connectivity index (χ4v) is 2.97. The average Bonchev–Trinajstić information content (AvgIpc) is 2.93. The van der Waals surface area contributed by atoms with Gasteiger partial charge in [-0.15, -0.1) is 0 Å². The SMILES string of the molecule is O=C(OCc1ccccc1)N1CCN2CCCC2C1. The number of nitrogens with zero attached hydrogens (tertiary/aromatic N) is 2. The van der Waals surface area contributed by atoms with Gasteiger partial charge in [-0.05, 0) is 24.9 Å². The third-order valence-electron chi connectivity index (χ3n) is 4.05. The monoisotopic (exact) mass is 260 g/mol. The second kappa shape index (κ2) is 5.61. The van der Waals surface area contributed by atoms with Crippen LogP contribution in [0.15, 0.2) is 30.3 Å². The molecule has 1 aromatic carbocycles. The molecular weight excluding hydrogens is 240 g/mol. The number of fused-ring (bicyclic) bond motifs is 1. The van der Waals surface area contributed by atoms with E-state index in [0.29, 0.717) is 12.6 Å². The number of rotatable bonds is 2. The van der Waals surface area contributed by atoms with Crippen LogP contribution in [0.4, 0.5) is 4.79 Å². The number of benzene rings is 1. The van der Waals surface area contributed by atoms with Crippen LogP contribution < -0.4 is 0 Å². The van der Waals surface area contributed by atoms with E-state index in [2.05, 4.69) is 4.90 Å². The van der Waals surface area contributed by atoms with Crippen molar-refractivity contribution < 1.29 is 9.53 Å². The van der Waals surface area contributed by atoms with Crippen molar-refractivity contribution in [1.82, 2.24) is 9.80 Å². The predicted molar refractivity (Wildman–Crippen MR) is 72.8 cm³/mol. The Balaban J connectivity index is 1.50. The van der Waals surface area contributed by atoms with E-state index >= 15 is 0 Å². The molecule has 0 radical (unpaired) electrons. The maximum Gasteiger partial charge on any atom is 0.410 e. The molecule has 1 atom stereocenters. The highest BCUT2D eigenvalue weighted by Crippen LogP contribution is 2.21. The van der Waals surface area contributed by atoms with Crippen molar-refractivity contribution in [1.29, 1.82) is 0 Å². The first-order chi connectivity index (χ1) is 9.33. The quantitative estimate of drug-likeness (QED) is 0.816. The van der Waals surface area contributed by atoms with Gasteiger partial charge in [0.05, 0.1) is 0 Å². The van der Waals surface area contributed by atoms with Gasteiger partial charge in [-0.2, -0.15) is 0 Å². The largest absolute Gasteiger partial charge is 0.445 e. The number of piperazine rings is 1. The van der Waals surface area contributed by atoms with E-state index in [-0.39, 0.29) is 6.09 Å². The van der Waals surface area contributed by atoms with Gasteiger partial charge in [0.1, 0.15) is 6.61 Å². The highest BCUT2D eigenvalue weighted by Gasteiger charge is 2.32. The summed E-state index contributed by atoms with van der Waals surface area (Å²) in [6.07, 6.45) is 2.30. The Morgan fingerprint density at radius 1 is 1.21 bits per heavy atom. The summed E-state index contributed by atoms with van der Waals surface area (Å²) < 4.78 is 5.38. The number of ether oxygens (including phenoxy) is 1. The maximum absolute atomic E-state index is 12.0. The van der Waals surface area contributed by atoms with E-state index in [4.69, 9.17) is 4.74 Å². The van der Waals surface area contributed by atoms with Crippen molar-refractivity contribution in [2.24, 2.45) is 0 Å². The second-order valence-electron chi connectivity index (χ2n) is 5.32. The molecule has 1 aromatic rings.